The van der Waals surface area contributed by atoms with Gasteiger partial charge in [0.1, 0.15) is 23.7 Å². The molecule has 32 heavy (non-hydrogen) atoms. The third-order valence-electron chi connectivity index (χ3n) is 5.44. The number of urea groups is 1. The summed E-state index contributed by atoms with van der Waals surface area (Å²) in [6, 6.07) is 11.8. The van der Waals surface area contributed by atoms with E-state index < -0.39 is 0 Å². The second-order valence-corrected chi connectivity index (χ2v) is 7.53. The maximum Gasteiger partial charge on any atom is 0.319 e. The minimum Gasteiger partial charge on any atom is -0.497 e. The number of amides is 2. The molecule has 3 N–H and O–H groups in total. The van der Waals surface area contributed by atoms with Gasteiger partial charge in [-0.3, -0.25) is 0 Å². The zero-order valence-electron chi connectivity index (χ0n) is 17.4. The minimum absolute atomic E-state index is 0.139. The maximum absolute atomic E-state index is 12.5. The summed E-state index contributed by atoms with van der Waals surface area (Å²) >= 11 is 0. The highest BCUT2D eigenvalue weighted by Gasteiger charge is 2.48. The Morgan fingerprint density at radius 3 is 2.75 bits per heavy atom. The summed E-state index contributed by atoms with van der Waals surface area (Å²) in [7, 11) is 1.58. The van der Waals surface area contributed by atoms with Crippen molar-refractivity contribution in [2.75, 3.05) is 31.0 Å². The van der Waals surface area contributed by atoms with Gasteiger partial charge in [0.15, 0.2) is 5.76 Å². The smallest absolute Gasteiger partial charge is 0.319 e. The Labute approximate surface area is 184 Å². The Balaban J connectivity index is 1.18. The monoisotopic (exact) mass is 437 g/mol. The van der Waals surface area contributed by atoms with Crippen LogP contribution in [0.2, 0.25) is 0 Å². The van der Waals surface area contributed by atoms with Gasteiger partial charge in [0.2, 0.25) is 5.95 Å². The number of nitrogens with one attached hydrogen (secondary N) is 3. The minimum atomic E-state index is -0.331. The maximum atomic E-state index is 12.5. The number of ether oxygens (including phenoxy) is 3. The highest BCUT2D eigenvalue weighted by molar-refractivity contribution is 5.89. The molecule has 4 heterocycles. The lowest BCUT2D eigenvalue weighted by Crippen LogP contribution is -2.46. The molecule has 0 saturated carbocycles. The van der Waals surface area contributed by atoms with Gasteiger partial charge in [0, 0.05) is 18.0 Å². The molecule has 2 saturated heterocycles. The van der Waals surface area contributed by atoms with Crippen LogP contribution in [0.3, 0.4) is 0 Å². The molecule has 0 unspecified atom stereocenters. The molecule has 2 fully saturated rings. The van der Waals surface area contributed by atoms with Crippen molar-refractivity contribution in [3.8, 4) is 17.2 Å². The summed E-state index contributed by atoms with van der Waals surface area (Å²) in [5.41, 5.74) is 1.32. The molecular formula is C22H23N5O5. The van der Waals surface area contributed by atoms with Crippen molar-refractivity contribution in [1.82, 2.24) is 15.3 Å². The largest absolute Gasteiger partial charge is 0.497 e. The fraction of sp³-hybridized carbons (Fsp3) is 0.318. The number of hydrogen-bond acceptors (Lipinski definition) is 8. The van der Waals surface area contributed by atoms with Gasteiger partial charge in [0.05, 0.1) is 38.7 Å². The molecule has 4 atom stereocenters. The van der Waals surface area contributed by atoms with Crippen LogP contribution in [0, 0.1) is 0 Å². The summed E-state index contributed by atoms with van der Waals surface area (Å²) in [5.74, 6) is 1.79. The number of hydrogen-bond donors (Lipinski definition) is 3. The second kappa shape index (κ2) is 8.85. The standard InChI is InChI=1S/C22H23N5O5/c1-29-14-5-2-4-13(10-14)24-22(28)27-17-12-32-19-16(11-31-20(17)19)26-21-23-8-7-15(25-21)18-6-3-9-30-18/h2-10,16-17,19-20H,11-12H2,1H3,(H,23,25,26)(H2,24,27,28)/t16-,17-,19+,20+/m0/s1. The lowest BCUT2D eigenvalue weighted by atomic mass is 10.1. The molecule has 10 heteroatoms. The number of fused-ring (bicyclic) bond motifs is 1. The number of rotatable bonds is 6. The van der Waals surface area contributed by atoms with Crippen molar-refractivity contribution in [2.24, 2.45) is 0 Å². The van der Waals surface area contributed by atoms with Crippen molar-refractivity contribution < 1.29 is 23.4 Å². The molecule has 2 aromatic heterocycles. The molecule has 1 aromatic carbocycles. The van der Waals surface area contributed by atoms with Crippen LogP contribution >= 0.6 is 0 Å². The van der Waals surface area contributed by atoms with E-state index in [1.165, 1.54) is 0 Å². The molecule has 166 valence electrons. The van der Waals surface area contributed by atoms with Crippen LogP contribution in [0.5, 0.6) is 5.75 Å². The van der Waals surface area contributed by atoms with Crippen LogP contribution in [-0.4, -0.2) is 60.6 Å². The number of benzene rings is 1. The van der Waals surface area contributed by atoms with Gasteiger partial charge in [-0.1, -0.05) is 6.07 Å². The summed E-state index contributed by atoms with van der Waals surface area (Å²) in [6.07, 6.45) is 2.78. The normalized spacial score (nSPS) is 24.0. The van der Waals surface area contributed by atoms with Crippen LogP contribution in [0.15, 0.2) is 59.3 Å². The molecule has 10 nitrogen and oxygen atoms in total. The predicted molar refractivity (Wildman–Crippen MR) is 116 cm³/mol. The number of carbonyl (C=O) groups excluding carboxylic acids is 1. The molecular weight excluding hydrogens is 414 g/mol. The summed E-state index contributed by atoms with van der Waals surface area (Å²) < 4.78 is 22.5. The van der Waals surface area contributed by atoms with Crippen LogP contribution in [-0.2, 0) is 9.47 Å². The Hall–Kier alpha value is -3.63. The number of aromatic nitrogens is 2. The van der Waals surface area contributed by atoms with Crippen LogP contribution in [0.4, 0.5) is 16.4 Å². The molecule has 0 spiro atoms. The number of furan rings is 1. The number of carbonyl (C=O) groups is 1. The average Bonchev–Trinajstić information content (AvgIpc) is 3.55. The van der Waals surface area contributed by atoms with E-state index in [1.54, 1.807) is 37.8 Å². The lowest BCUT2D eigenvalue weighted by molar-refractivity contribution is 0.0683. The van der Waals surface area contributed by atoms with Gasteiger partial charge in [-0.15, -0.1) is 0 Å². The van der Waals surface area contributed by atoms with E-state index in [0.717, 1.165) is 0 Å². The first-order valence-corrected chi connectivity index (χ1v) is 10.3. The first-order valence-electron chi connectivity index (χ1n) is 10.3. The van der Waals surface area contributed by atoms with Crippen molar-refractivity contribution in [3.05, 3.63) is 54.9 Å². The van der Waals surface area contributed by atoms with E-state index in [0.29, 0.717) is 42.1 Å². The van der Waals surface area contributed by atoms with Gasteiger partial charge >= 0.3 is 6.03 Å². The van der Waals surface area contributed by atoms with Crippen molar-refractivity contribution in [1.29, 1.82) is 0 Å². The molecule has 0 aliphatic carbocycles. The quantitative estimate of drug-likeness (QED) is 0.538. The number of anilines is 2. The topological polar surface area (TPSA) is 120 Å². The van der Waals surface area contributed by atoms with Crippen molar-refractivity contribution in [3.63, 3.8) is 0 Å². The van der Waals surface area contributed by atoms with Crippen LogP contribution in [0.1, 0.15) is 0 Å². The van der Waals surface area contributed by atoms with Crippen LogP contribution < -0.4 is 20.7 Å². The van der Waals surface area contributed by atoms with Gasteiger partial charge in [0.25, 0.3) is 0 Å². The van der Waals surface area contributed by atoms with Gasteiger partial charge in [-0.25, -0.2) is 14.8 Å². The first-order chi connectivity index (χ1) is 15.7. The molecule has 2 aliphatic heterocycles. The highest BCUT2D eigenvalue weighted by atomic mass is 16.6. The molecule has 2 amide bonds. The van der Waals surface area contributed by atoms with Gasteiger partial charge < -0.3 is 34.6 Å². The van der Waals surface area contributed by atoms with Crippen molar-refractivity contribution >= 4 is 17.7 Å². The fourth-order valence-electron chi connectivity index (χ4n) is 3.94. The van der Waals surface area contributed by atoms with Crippen molar-refractivity contribution in [2.45, 2.75) is 24.3 Å². The molecule has 0 radical (unpaired) electrons. The zero-order valence-corrected chi connectivity index (χ0v) is 17.4. The zero-order chi connectivity index (χ0) is 21.9. The third kappa shape index (κ3) is 4.23. The molecule has 2 aliphatic rings. The molecule has 0 bridgehead atoms. The number of methoxy groups -OCH3 is 1. The lowest BCUT2D eigenvalue weighted by Gasteiger charge is -2.18. The Kier molecular flexibility index (Phi) is 5.61. The third-order valence-corrected chi connectivity index (χ3v) is 5.44. The average molecular weight is 437 g/mol. The van der Waals surface area contributed by atoms with E-state index in [9.17, 15) is 4.79 Å². The first kappa shape index (κ1) is 20.3. The molecule has 3 aromatic rings. The van der Waals surface area contributed by atoms with E-state index in [2.05, 4.69) is 25.9 Å². The van der Waals surface area contributed by atoms with E-state index in [4.69, 9.17) is 18.6 Å². The SMILES string of the molecule is COc1cccc(NC(=O)N[C@H]2CO[C@H]3[C@@H]2OC[C@@H]3Nc2nccc(-c3ccco3)n2)c1. The Bertz CT molecular complexity index is 1080. The summed E-state index contributed by atoms with van der Waals surface area (Å²) in [5, 5.41) is 9.03. The van der Waals surface area contributed by atoms with E-state index >= 15 is 0 Å². The summed E-state index contributed by atoms with van der Waals surface area (Å²) in [6.45, 7) is 0.770. The van der Waals surface area contributed by atoms with E-state index in [1.807, 2.05) is 24.3 Å². The van der Waals surface area contributed by atoms with E-state index in [-0.39, 0.29) is 30.3 Å². The predicted octanol–water partition coefficient (Wildman–Crippen LogP) is 2.51. The number of nitrogens with zero attached hydrogens (tertiary/aromatic N) is 2. The fourth-order valence-corrected chi connectivity index (χ4v) is 3.94. The molecule has 5 rings (SSSR count). The second-order valence-electron chi connectivity index (χ2n) is 7.53. The summed E-state index contributed by atoms with van der Waals surface area (Å²) in [4.78, 5) is 21.3. The van der Waals surface area contributed by atoms with Gasteiger partial charge in [-0.2, -0.15) is 0 Å². The Morgan fingerprint density at radius 2 is 1.94 bits per heavy atom. The van der Waals surface area contributed by atoms with Crippen LogP contribution in [0.25, 0.3) is 11.5 Å². The Morgan fingerprint density at radius 1 is 1.09 bits per heavy atom. The highest BCUT2D eigenvalue weighted by Crippen LogP contribution is 2.29. The van der Waals surface area contributed by atoms with Gasteiger partial charge in [-0.05, 0) is 30.3 Å².